The lowest BCUT2D eigenvalue weighted by Gasteiger charge is -2.21. The van der Waals surface area contributed by atoms with Gasteiger partial charge in [-0.25, -0.2) is 9.59 Å². The van der Waals surface area contributed by atoms with Crippen LogP contribution >= 0.6 is 0 Å². The van der Waals surface area contributed by atoms with Crippen molar-refractivity contribution in [3.63, 3.8) is 0 Å². The normalized spacial score (nSPS) is 15.0. The Hall–Kier alpha value is -3.43. The van der Waals surface area contributed by atoms with Gasteiger partial charge in [-0.1, -0.05) is 48.5 Å². The van der Waals surface area contributed by atoms with Crippen LogP contribution in [0.15, 0.2) is 48.5 Å². The summed E-state index contributed by atoms with van der Waals surface area (Å²) in [5.74, 6) is -2.11. The Morgan fingerprint density at radius 1 is 1.03 bits per heavy atom. The molecule has 2 amide bonds. The maximum atomic E-state index is 12.2. The quantitative estimate of drug-likeness (QED) is 0.429. The largest absolute Gasteiger partial charge is 0.480 e. The third-order valence-corrected chi connectivity index (χ3v) is 5.64. The molecule has 0 radical (unpaired) electrons. The molecule has 0 saturated carbocycles. The number of carbonyl (C=O) groups is 3. The number of carbonyl (C=O) groups excluding carboxylic acids is 2. The van der Waals surface area contributed by atoms with E-state index in [2.05, 4.69) is 22.8 Å². The van der Waals surface area contributed by atoms with Crippen LogP contribution in [-0.2, 0) is 19.1 Å². The zero-order valence-electron chi connectivity index (χ0n) is 18.5. The van der Waals surface area contributed by atoms with E-state index in [9.17, 15) is 19.5 Å². The van der Waals surface area contributed by atoms with Gasteiger partial charge in [-0.3, -0.25) is 4.79 Å². The van der Waals surface area contributed by atoms with Crippen LogP contribution in [0.5, 0.6) is 0 Å². The topological polar surface area (TPSA) is 134 Å². The zero-order valence-corrected chi connectivity index (χ0v) is 18.5. The van der Waals surface area contributed by atoms with Gasteiger partial charge in [0.15, 0.2) is 6.04 Å². The molecule has 9 nitrogen and oxygen atoms in total. The number of nitrogens with one attached hydrogen (secondary N) is 2. The molecule has 0 aromatic heterocycles. The first kappa shape index (κ1) is 24.2. The first-order valence-corrected chi connectivity index (χ1v) is 10.7. The molecule has 33 heavy (non-hydrogen) atoms. The van der Waals surface area contributed by atoms with Crippen LogP contribution in [0.2, 0.25) is 0 Å². The van der Waals surface area contributed by atoms with Crippen molar-refractivity contribution in [2.45, 2.75) is 37.5 Å². The van der Waals surface area contributed by atoms with E-state index in [1.165, 1.54) is 14.0 Å². The van der Waals surface area contributed by atoms with Crippen molar-refractivity contribution in [1.29, 1.82) is 0 Å². The van der Waals surface area contributed by atoms with Gasteiger partial charge in [0.25, 0.3) is 0 Å². The summed E-state index contributed by atoms with van der Waals surface area (Å²) in [7, 11) is 1.30. The minimum Gasteiger partial charge on any atom is -0.480 e. The molecule has 0 spiro atoms. The Labute approximate surface area is 191 Å². The Morgan fingerprint density at radius 3 is 2.12 bits per heavy atom. The lowest BCUT2D eigenvalue weighted by atomic mass is 9.98. The molecular formula is C24H28N2O7. The van der Waals surface area contributed by atoms with E-state index in [1.54, 1.807) is 0 Å². The van der Waals surface area contributed by atoms with Gasteiger partial charge in [0, 0.05) is 26.0 Å². The fraction of sp³-hybridized carbons (Fsp3) is 0.375. The molecule has 1 unspecified atom stereocenters. The number of fused-ring (bicyclic) bond motifs is 3. The monoisotopic (exact) mass is 456 g/mol. The van der Waals surface area contributed by atoms with Gasteiger partial charge in [-0.15, -0.1) is 0 Å². The van der Waals surface area contributed by atoms with Crippen LogP contribution in [0.25, 0.3) is 11.1 Å². The maximum Gasteiger partial charge on any atom is 0.407 e. The molecule has 0 aliphatic heterocycles. The summed E-state index contributed by atoms with van der Waals surface area (Å²) < 4.78 is 10.5. The number of alkyl carbamates (subject to hydrolysis) is 1. The van der Waals surface area contributed by atoms with Crippen LogP contribution in [0.1, 0.15) is 30.4 Å². The number of aliphatic hydroxyl groups is 1. The lowest BCUT2D eigenvalue weighted by molar-refractivity contribution is -0.146. The SMILES string of the molecule is COC(CCNC(=O)OCC1c2ccccc2-c2ccccc21)C(=O)N[C@H](C(=O)O)[C@@H](C)O. The van der Waals surface area contributed by atoms with Gasteiger partial charge in [-0.05, 0) is 29.2 Å². The number of rotatable bonds is 10. The minimum absolute atomic E-state index is 0.0610. The van der Waals surface area contributed by atoms with E-state index in [4.69, 9.17) is 14.6 Å². The summed E-state index contributed by atoms with van der Waals surface area (Å²) in [6, 6.07) is 14.6. The van der Waals surface area contributed by atoms with Crippen molar-refractivity contribution in [2.75, 3.05) is 20.3 Å². The number of hydrogen-bond donors (Lipinski definition) is 4. The second-order valence-corrected chi connectivity index (χ2v) is 7.83. The number of benzene rings is 2. The molecule has 0 heterocycles. The molecule has 0 bridgehead atoms. The molecular weight excluding hydrogens is 428 g/mol. The van der Waals surface area contributed by atoms with Gasteiger partial charge < -0.3 is 30.3 Å². The Balaban J connectivity index is 1.50. The van der Waals surface area contributed by atoms with E-state index < -0.39 is 36.2 Å². The van der Waals surface area contributed by atoms with Crippen LogP contribution < -0.4 is 10.6 Å². The van der Waals surface area contributed by atoms with Crippen LogP contribution in [0.3, 0.4) is 0 Å². The first-order chi connectivity index (χ1) is 15.8. The second kappa shape index (κ2) is 10.9. The molecule has 3 atom stereocenters. The molecule has 2 aromatic rings. The third-order valence-electron chi connectivity index (χ3n) is 5.64. The number of amides is 2. The van der Waals surface area contributed by atoms with Gasteiger partial charge in [-0.2, -0.15) is 0 Å². The summed E-state index contributed by atoms with van der Waals surface area (Å²) in [4.78, 5) is 35.6. The molecule has 9 heteroatoms. The van der Waals surface area contributed by atoms with Crippen molar-refractivity contribution < 1.29 is 34.1 Å². The van der Waals surface area contributed by atoms with E-state index >= 15 is 0 Å². The maximum absolute atomic E-state index is 12.2. The minimum atomic E-state index is -1.45. The van der Waals surface area contributed by atoms with Gasteiger partial charge >= 0.3 is 12.1 Å². The van der Waals surface area contributed by atoms with Crippen LogP contribution in [0, 0.1) is 0 Å². The first-order valence-electron chi connectivity index (χ1n) is 10.7. The predicted molar refractivity (Wildman–Crippen MR) is 120 cm³/mol. The lowest BCUT2D eigenvalue weighted by Crippen LogP contribution is -2.51. The van der Waals surface area contributed by atoms with Crippen LogP contribution in [-0.4, -0.2) is 66.7 Å². The van der Waals surface area contributed by atoms with Gasteiger partial charge in [0.2, 0.25) is 5.91 Å². The molecule has 1 aliphatic carbocycles. The van der Waals surface area contributed by atoms with E-state index in [0.717, 1.165) is 22.3 Å². The fourth-order valence-corrected chi connectivity index (χ4v) is 3.95. The number of ether oxygens (including phenoxy) is 2. The third kappa shape index (κ3) is 5.68. The predicted octanol–water partition coefficient (Wildman–Crippen LogP) is 1.88. The summed E-state index contributed by atoms with van der Waals surface area (Å²) >= 11 is 0. The van der Waals surface area contributed by atoms with Crippen molar-refractivity contribution in [2.24, 2.45) is 0 Å². The summed E-state index contributed by atoms with van der Waals surface area (Å²) in [6.07, 6.45) is -2.81. The number of methoxy groups -OCH3 is 1. The summed E-state index contributed by atoms with van der Waals surface area (Å²) in [6.45, 7) is 1.51. The molecule has 0 fully saturated rings. The highest BCUT2D eigenvalue weighted by Gasteiger charge is 2.30. The van der Waals surface area contributed by atoms with Crippen molar-refractivity contribution in [3.05, 3.63) is 59.7 Å². The smallest absolute Gasteiger partial charge is 0.407 e. The van der Waals surface area contributed by atoms with E-state index in [1.807, 2.05) is 36.4 Å². The zero-order chi connectivity index (χ0) is 24.0. The number of aliphatic carboxylic acids is 1. The molecule has 3 rings (SSSR count). The van der Waals surface area contributed by atoms with Crippen molar-refractivity contribution >= 4 is 18.0 Å². The molecule has 176 valence electrons. The van der Waals surface area contributed by atoms with Crippen molar-refractivity contribution in [3.8, 4) is 11.1 Å². The standard InChI is InChI=1S/C24H28N2O7/c1-14(27)21(23(29)30)26-22(28)20(32-2)11-12-25-24(31)33-13-19-17-9-5-3-7-15(17)16-8-4-6-10-18(16)19/h3-10,14,19-21,27H,11-13H2,1-2H3,(H,25,31)(H,26,28)(H,29,30)/t14-,20?,21+/m1/s1. The number of hydrogen-bond acceptors (Lipinski definition) is 6. The number of carboxylic acids is 1. The average molecular weight is 456 g/mol. The Bertz CT molecular complexity index is 962. The summed E-state index contributed by atoms with van der Waals surface area (Å²) in [5.41, 5.74) is 4.48. The van der Waals surface area contributed by atoms with Crippen LogP contribution in [0.4, 0.5) is 4.79 Å². The average Bonchev–Trinajstić information content (AvgIpc) is 3.12. The Kier molecular flexibility index (Phi) is 8.02. The fourth-order valence-electron chi connectivity index (χ4n) is 3.95. The van der Waals surface area contributed by atoms with Gasteiger partial charge in [0.1, 0.15) is 12.7 Å². The number of carboxylic acid groups (broad SMARTS) is 1. The van der Waals surface area contributed by atoms with Gasteiger partial charge in [0.05, 0.1) is 6.10 Å². The van der Waals surface area contributed by atoms with E-state index in [0.29, 0.717) is 0 Å². The molecule has 0 saturated heterocycles. The molecule has 1 aliphatic rings. The highest BCUT2D eigenvalue weighted by molar-refractivity contribution is 5.86. The highest BCUT2D eigenvalue weighted by Crippen LogP contribution is 2.44. The second-order valence-electron chi connectivity index (χ2n) is 7.83. The highest BCUT2D eigenvalue weighted by atomic mass is 16.5. The summed E-state index contributed by atoms with van der Waals surface area (Å²) in [5, 5.41) is 23.4. The van der Waals surface area contributed by atoms with E-state index in [-0.39, 0.29) is 25.5 Å². The molecule has 4 N–H and O–H groups in total. The van der Waals surface area contributed by atoms with Crippen molar-refractivity contribution in [1.82, 2.24) is 10.6 Å². The number of aliphatic hydroxyl groups excluding tert-OH is 1. The molecule has 2 aromatic carbocycles. The Morgan fingerprint density at radius 2 is 1.61 bits per heavy atom.